The summed E-state index contributed by atoms with van der Waals surface area (Å²) in [4.78, 5) is 6.37. The number of quaternary nitrogens is 1. The molecule has 1 aliphatic rings. The van der Waals surface area contributed by atoms with E-state index in [0.717, 1.165) is 42.4 Å². The maximum atomic E-state index is 10.2. The molecule has 126 valence electrons. The first-order valence-corrected chi connectivity index (χ1v) is 8.91. The molecule has 0 amide bonds. The number of benzene rings is 3. The van der Waals surface area contributed by atoms with Gasteiger partial charge in [-0.15, -0.1) is 0 Å². The first-order valence-electron chi connectivity index (χ1n) is 8.91. The van der Waals surface area contributed by atoms with Gasteiger partial charge in [-0.2, -0.15) is 0 Å². The number of fused-ring (bicyclic) bond motifs is 1. The van der Waals surface area contributed by atoms with Crippen molar-refractivity contribution in [1.29, 1.82) is 0 Å². The fourth-order valence-electron chi connectivity index (χ4n) is 3.68. The first-order chi connectivity index (χ1) is 12.3. The second-order valence-corrected chi connectivity index (χ2v) is 6.81. The lowest BCUT2D eigenvalue weighted by atomic mass is 10.0. The van der Waals surface area contributed by atoms with E-state index in [9.17, 15) is 5.11 Å². The van der Waals surface area contributed by atoms with Crippen LogP contribution in [0.15, 0.2) is 71.7 Å². The predicted octanol–water partition coefficient (Wildman–Crippen LogP) is 2.82. The van der Waals surface area contributed by atoms with E-state index in [1.54, 1.807) is 11.0 Å². The van der Waals surface area contributed by atoms with Crippen LogP contribution in [0, 0.1) is 0 Å². The van der Waals surface area contributed by atoms with Crippen LogP contribution in [0.5, 0.6) is 5.75 Å². The number of aromatic hydroxyl groups is 1. The molecule has 1 unspecified atom stereocenters. The molecule has 0 aliphatic carbocycles. The summed E-state index contributed by atoms with van der Waals surface area (Å²) in [6, 6.07) is 22.8. The van der Waals surface area contributed by atoms with Crippen molar-refractivity contribution >= 4 is 17.0 Å². The highest BCUT2D eigenvalue weighted by atomic mass is 16.3. The van der Waals surface area contributed by atoms with Gasteiger partial charge in [0.2, 0.25) is 0 Å². The Hall–Kier alpha value is -2.65. The number of likely N-dealkylation sites (tertiary alicyclic amines) is 1. The van der Waals surface area contributed by atoms with Gasteiger partial charge in [-0.3, -0.25) is 4.99 Å². The fraction of sp³-hybridized carbons (Fsp3) is 0.227. The van der Waals surface area contributed by atoms with Crippen LogP contribution in [-0.2, 0) is 6.54 Å². The molecule has 0 aromatic heterocycles. The van der Waals surface area contributed by atoms with E-state index in [2.05, 4.69) is 36.4 Å². The number of nitrogens with zero attached hydrogens (tertiary/aromatic N) is 1. The Morgan fingerprint density at radius 2 is 1.80 bits per heavy atom. The molecule has 1 heterocycles. The maximum Gasteiger partial charge on any atom is 0.124 e. The monoisotopic (exact) mass is 331 g/mol. The van der Waals surface area contributed by atoms with Gasteiger partial charge in [-0.25, -0.2) is 0 Å². The number of rotatable bonds is 4. The minimum Gasteiger partial charge on any atom is -0.507 e. The number of phenols is 1. The summed E-state index contributed by atoms with van der Waals surface area (Å²) < 4.78 is 0. The van der Waals surface area contributed by atoms with Crippen molar-refractivity contribution < 1.29 is 10.0 Å². The van der Waals surface area contributed by atoms with Gasteiger partial charge in [0.25, 0.3) is 0 Å². The van der Waals surface area contributed by atoms with Crippen LogP contribution in [0.25, 0.3) is 10.8 Å². The Morgan fingerprint density at radius 3 is 2.68 bits per heavy atom. The smallest absolute Gasteiger partial charge is 0.124 e. The van der Waals surface area contributed by atoms with E-state index < -0.39 is 0 Å². The SMILES string of the molecule is Oc1ccc2ccccc2c1C=N[C@H]1CC[NH+](Cc2ccccc2)C1. The van der Waals surface area contributed by atoms with Gasteiger partial charge in [-0.1, -0.05) is 60.7 Å². The maximum absolute atomic E-state index is 10.2. The molecule has 4 rings (SSSR count). The molecule has 0 spiro atoms. The molecule has 1 fully saturated rings. The second-order valence-electron chi connectivity index (χ2n) is 6.81. The summed E-state index contributed by atoms with van der Waals surface area (Å²) in [6.45, 7) is 3.27. The van der Waals surface area contributed by atoms with Gasteiger partial charge in [0.1, 0.15) is 24.9 Å². The van der Waals surface area contributed by atoms with E-state index in [4.69, 9.17) is 4.99 Å². The Labute approximate surface area is 148 Å². The highest BCUT2D eigenvalue weighted by Gasteiger charge is 2.25. The molecule has 1 saturated heterocycles. The van der Waals surface area contributed by atoms with Crippen molar-refractivity contribution in [2.24, 2.45) is 4.99 Å². The Balaban J connectivity index is 1.47. The molecule has 1 aliphatic heterocycles. The zero-order valence-electron chi connectivity index (χ0n) is 14.2. The Kier molecular flexibility index (Phi) is 4.49. The van der Waals surface area contributed by atoms with E-state index in [1.165, 1.54) is 5.56 Å². The average Bonchev–Trinajstić information content (AvgIpc) is 3.09. The van der Waals surface area contributed by atoms with E-state index in [0.29, 0.717) is 11.8 Å². The Morgan fingerprint density at radius 1 is 1.00 bits per heavy atom. The molecule has 3 heteroatoms. The molecule has 3 aromatic carbocycles. The van der Waals surface area contributed by atoms with Gasteiger partial charge in [0.15, 0.2) is 0 Å². The second kappa shape index (κ2) is 7.08. The van der Waals surface area contributed by atoms with Crippen molar-refractivity contribution in [3.8, 4) is 5.75 Å². The quantitative estimate of drug-likeness (QED) is 0.709. The van der Waals surface area contributed by atoms with Crippen LogP contribution in [0.3, 0.4) is 0 Å². The normalized spacial score (nSPS) is 20.5. The third kappa shape index (κ3) is 3.57. The number of aliphatic imine (C=N–C) groups is 1. The zero-order chi connectivity index (χ0) is 17.1. The molecule has 2 atom stereocenters. The molecule has 0 radical (unpaired) electrons. The molecule has 3 nitrogen and oxygen atoms in total. The minimum absolute atomic E-state index is 0.300. The van der Waals surface area contributed by atoms with E-state index in [-0.39, 0.29) is 0 Å². The lowest BCUT2D eigenvalue weighted by Crippen LogP contribution is -3.09. The predicted molar refractivity (Wildman–Crippen MR) is 102 cm³/mol. The van der Waals surface area contributed by atoms with Crippen molar-refractivity contribution in [2.45, 2.75) is 19.0 Å². The topological polar surface area (TPSA) is 37.0 Å². The molecular weight excluding hydrogens is 308 g/mol. The summed E-state index contributed by atoms with van der Waals surface area (Å²) in [7, 11) is 0. The average molecular weight is 331 g/mol. The van der Waals surface area contributed by atoms with Gasteiger partial charge >= 0.3 is 0 Å². The third-order valence-corrected chi connectivity index (χ3v) is 5.01. The zero-order valence-corrected chi connectivity index (χ0v) is 14.2. The number of nitrogens with one attached hydrogen (secondary N) is 1. The van der Waals surface area contributed by atoms with Crippen LogP contribution < -0.4 is 4.90 Å². The molecule has 0 saturated carbocycles. The van der Waals surface area contributed by atoms with Crippen LogP contribution in [0.1, 0.15) is 17.5 Å². The lowest BCUT2D eigenvalue weighted by molar-refractivity contribution is -0.901. The van der Waals surface area contributed by atoms with Crippen LogP contribution in [0.4, 0.5) is 0 Å². The van der Waals surface area contributed by atoms with Crippen LogP contribution >= 0.6 is 0 Å². The molecule has 2 N–H and O–H groups in total. The highest BCUT2D eigenvalue weighted by Crippen LogP contribution is 2.25. The summed E-state index contributed by atoms with van der Waals surface area (Å²) in [6.07, 6.45) is 2.97. The summed E-state index contributed by atoms with van der Waals surface area (Å²) in [5.41, 5.74) is 2.21. The van der Waals surface area contributed by atoms with Gasteiger partial charge in [0, 0.05) is 23.8 Å². The molecular formula is C22H23N2O+. The van der Waals surface area contributed by atoms with E-state index >= 15 is 0 Å². The lowest BCUT2D eigenvalue weighted by Gasteiger charge is -2.12. The Bertz CT molecular complexity index is 889. The summed E-state index contributed by atoms with van der Waals surface area (Å²) >= 11 is 0. The minimum atomic E-state index is 0.300. The van der Waals surface area contributed by atoms with Crippen molar-refractivity contribution in [3.63, 3.8) is 0 Å². The number of phenolic OH excluding ortho intramolecular Hbond substituents is 1. The van der Waals surface area contributed by atoms with Crippen molar-refractivity contribution in [1.82, 2.24) is 0 Å². The number of hydrogen-bond donors (Lipinski definition) is 2. The van der Waals surface area contributed by atoms with Crippen molar-refractivity contribution in [2.75, 3.05) is 13.1 Å². The van der Waals surface area contributed by atoms with Crippen molar-refractivity contribution in [3.05, 3.63) is 77.9 Å². The molecule has 3 aromatic rings. The van der Waals surface area contributed by atoms with Crippen LogP contribution in [0.2, 0.25) is 0 Å². The van der Waals surface area contributed by atoms with Gasteiger partial charge in [0.05, 0.1) is 6.54 Å². The summed E-state index contributed by atoms with van der Waals surface area (Å²) in [5.74, 6) is 0.300. The van der Waals surface area contributed by atoms with Crippen LogP contribution in [-0.4, -0.2) is 30.5 Å². The standard InChI is InChI=1S/C22H22N2O/c25-22-11-10-18-8-4-5-9-20(18)21(22)14-23-19-12-13-24(16-19)15-17-6-2-1-3-7-17/h1-11,14,19,25H,12-13,15-16H2/p+1/t19-/m0/s1. The number of hydrogen-bond acceptors (Lipinski definition) is 2. The third-order valence-electron chi connectivity index (χ3n) is 5.01. The van der Waals surface area contributed by atoms with Gasteiger partial charge in [-0.05, 0) is 16.8 Å². The highest BCUT2D eigenvalue weighted by molar-refractivity contribution is 6.02. The van der Waals surface area contributed by atoms with Gasteiger partial charge < -0.3 is 10.0 Å². The van der Waals surface area contributed by atoms with E-state index in [1.807, 2.05) is 30.5 Å². The first kappa shape index (κ1) is 15.9. The molecule has 25 heavy (non-hydrogen) atoms. The largest absolute Gasteiger partial charge is 0.507 e. The summed E-state index contributed by atoms with van der Waals surface area (Å²) in [5, 5.41) is 12.4. The molecule has 0 bridgehead atoms. The fourth-order valence-corrected chi connectivity index (χ4v) is 3.68.